The van der Waals surface area contributed by atoms with Gasteiger partial charge in [0.05, 0.1) is 12.3 Å². The number of sulfonamides is 1. The second kappa shape index (κ2) is 6.37. The van der Waals surface area contributed by atoms with Crippen LogP contribution in [0, 0.1) is 17.2 Å². The van der Waals surface area contributed by atoms with Gasteiger partial charge in [-0.2, -0.15) is 9.98 Å². The minimum Gasteiger partial charge on any atom is -0.332 e. The first-order valence-corrected chi connectivity index (χ1v) is 8.51. The van der Waals surface area contributed by atoms with Crippen LogP contribution in [0.25, 0.3) is 0 Å². The number of aromatic amines is 1. The minimum atomic E-state index is -3.70. The van der Waals surface area contributed by atoms with E-state index in [0.717, 1.165) is 25.7 Å². The van der Waals surface area contributed by atoms with Crippen molar-refractivity contribution in [1.29, 1.82) is 5.26 Å². The molecular formula is C13H20N4O2S. The Morgan fingerprint density at radius 2 is 2.20 bits per heavy atom. The van der Waals surface area contributed by atoms with Gasteiger partial charge in [-0.1, -0.05) is 26.2 Å². The van der Waals surface area contributed by atoms with E-state index >= 15 is 0 Å². The fraction of sp³-hybridized carbons (Fsp3) is 0.692. The Morgan fingerprint density at radius 1 is 1.50 bits per heavy atom. The van der Waals surface area contributed by atoms with Crippen molar-refractivity contribution in [2.24, 2.45) is 5.92 Å². The Morgan fingerprint density at radius 3 is 2.75 bits per heavy atom. The number of H-pyrrole nitrogens is 1. The van der Waals surface area contributed by atoms with Gasteiger partial charge in [-0.15, -0.1) is 0 Å². The standard InChI is InChI=1S/C13H20N4O2S/c1-2-12-15-9-13(16-12)20(18,19)17-11(8-14)10-6-4-3-5-7-10/h9-11,17H,2-7H2,1H3,(H,15,16). The summed E-state index contributed by atoms with van der Waals surface area (Å²) in [6.07, 6.45) is 7.05. The molecule has 1 saturated carbocycles. The first-order valence-electron chi connectivity index (χ1n) is 7.02. The number of hydrogen-bond acceptors (Lipinski definition) is 4. The summed E-state index contributed by atoms with van der Waals surface area (Å²) in [6, 6.07) is 1.44. The molecule has 0 aliphatic heterocycles. The molecule has 1 aromatic rings. The van der Waals surface area contributed by atoms with Gasteiger partial charge in [0.1, 0.15) is 11.9 Å². The molecule has 1 aliphatic carbocycles. The highest BCUT2D eigenvalue weighted by Gasteiger charge is 2.29. The molecule has 7 heteroatoms. The number of aryl methyl sites for hydroxylation is 1. The van der Waals surface area contributed by atoms with E-state index in [1.807, 2.05) is 6.92 Å². The lowest BCUT2D eigenvalue weighted by Crippen LogP contribution is -2.40. The molecule has 110 valence electrons. The highest BCUT2D eigenvalue weighted by molar-refractivity contribution is 7.89. The molecule has 1 heterocycles. The number of nitrogens with zero attached hydrogens (tertiary/aromatic N) is 2. The first kappa shape index (κ1) is 15.0. The Hall–Kier alpha value is -1.39. The predicted octanol–water partition coefficient (Wildman–Crippen LogP) is 1.72. The molecule has 0 saturated heterocycles. The van der Waals surface area contributed by atoms with Gasteiger partial charge < -0.3 is 4.98 Å². The van der Waals surface area contributed by atoms with Gasteiger partial charge in [0.15, 0.2) is 5.03 Å². The molecule has 0 spiro atoms. The maximum Gasteiger partial charge on any atom is 0.258 e. The lowest BCUT2D eigenvalue weighted by atomic mass is 9.85. The summed E-state index contributed by atoms with van der Waals surface area (Å²) >= 11 is 0. The Balaban J connectivity index is 2.11. The van der Waals surface area contributed by atoms with Crippen LogP contribution < -0.4 is 4.72 Å². The van der Waals surface area contributed by atoms with Gasteiger partial charge in [-0.3, -0.25) is 0 Å². The monoisotopic (exact) mass is 296 g/mol. The van der Waals surface area contributed by atoms with E-state index in [-0.39, 0.29) is 10.9 Å². The highest BCUT2D eigenvalue weighted by Crippen LogP contribution is 2.27. The van der Waals surface area contributed by atoms with Crippen LogP contribution in [0.2, 0.25) is 0 Å². The average Bonchev–Trinajstić information content (AvgIpc) is 2.95. The fourth-order valence-corrected chi connectivity index (χ4v) is 3.74. The van der Waals surface area contributed by atoms with Crippen LogP contribution in [0.5, 0.6) is 0 Å². The van der Waals surface area contributed by atoms with Crippen LogP contribution in [0.4, 0.5) is 0 Å². The Kier molecular flexibility index (Phi) is 4.78. The third kappa shape index (κ3) is 3.38. The molecule has 1 aliphatic rings. The molecule has 0 radical (unpaired) electrons. The van der Waals surface area contributed by atoms with Crippen LogP contribution >= 0.6 is 0 Å². The summed E-state index contributed by atoms with van der Waals surface area (Å²) in [6.45, 7) is 1.89. The summed E-state index contributed by atoms with van der Waals surface area (Å²) in [5.41, 5.74) is 0. The smallest absolute Gasteiger partial charge is 0.258 e. The molecule has 2 N–H and O–H groups in total. The maximum atomic E-state index is 12.2. The molecular weight excluding hydrogens is 276 g/mol. The lowest BCUT2D eigenvalue weighted by molar-refractivity contribution is 0.323. The van der Waals surface area contributed by atoms with Crippen LogP contribution in [0.15, 0.2) is 11.2 Å². The van der Waals surface area contributed by atoms with Gasteiger partial charge in [0.25, 0.3) is 10.0 Å². The number of nitriles is 1. The molecule has 1 unspecified atom stereocenters. The van der Waals surface area contributed by atoms with Crippen LogP contribution in [0.3, 0.4) is 0 Å². The quantitative estimate of drug-likeness (QED) is 0.864. The molecule has 2 rings (SSSR count). The Bertz CT molecular complexity index is 582. The maximum absolute atomic E-state index is 12.2. The number of hydrogen-bond donors (Lipinski definition) is 2. The highest BCUT2D eigenvalue weighted by atomic mass is 32.2. The zero-order chi connectivity index (χ0) is 14.6. The van der Waals surface area contributed by atoms with Crippen LogP contribution in [-0.4, -0.2) is 24.4 Å². The number of rotatable bonds is 5. The molecule has 6 nitrogen and oxygen atoms in total. The summed E-state index contributed by atoms with van der Waals surface area (Å²) in [5.74, 6) is 0.730. The topological polar surface area (TPSA) is 98.6 Å². The van der Waals surface area contributed by atoms with Crippen LogP contribution in [0.1, 0.15) is 44.9 Å². The minimum absolute atomic E-state index is 0.0328. The van der Waals surface area contributed by atoms with Gasteiger partial charge in [0, 0.05) is 6.42 Å². The molecule has 0 aromatic carbocycles. The molecule has 1 fully saturated rings. The normalized spacial score (nSPS) is 18.6. The van der Waals surface area contributed by atoms with Crippen molar-refractivity contribution in [2.75, 3.05) is 0 Å². The van der Waals surface area contributed by atoms with Crippen molar-refractivity contribution in [2.45, 2.75) is 56.5 Å². The van der Waals surface area contributed by atoms with E-state index in [1.54, 1.807) is 0 Å². The molecule has 1 atom stereocenters. The van der Waals surface area contributed by atoms with Crippen molar-refractivity contribution < 1.29 is 8.42 Å². The van der Waals surface area contributed by atoms with Gasteiger partial charge >= 0.3 is 0 Å². The summed E-state index contributed by atoms with van der Waals surface area (Å²) in [7, 11) is -3.70. The molecule has 1 aromatic heterocycles. The third-order valence-corrected chi connectivity index (χ3v) is 5.12. The van der Waals surface area contributed by atoms with Crippen molar-refractivity contribution in [3.05, 3.63) is 12.0 Å². The third-order valence-electron chi connectivity index (χ3n) is 3.77. The predicted molar refractivity (Wildman–Crippen MR) is 74.3 cm³/mol. The number of aromatic nitrogens is 2. The lowest BCUT2D eigenvalue weighted by Gasteiger charge is -2.25. The largest absolute Gasteiger partial charge is 0.332 e. The second-order valence-electron chi connectivity index (χ2n) is 5.17. The zero-order valence-corrected chi connectivity index (χ0v) is 12.4. The van der Waals surface area contributed by atoms with Crippen molar-refractivity contribution in [1.82, 2.24) is 14.7 Å². The second-order valence-corrected chi connectivity index (χ2v) is 6.86. The Labute approximate surface area is 119 Å². The van der Waals surface area contributed by atoms with E-state index in [9.17, 15) is 13.7 Å². The van der Waals surface area contributed by atoms with E-state index in [1.165, 1.54) is 12.6 Å². The molecule has 0 bridgehead atoms. The van der Waals surface area contributed by atoms with E-state index < -0.39 is 16.1 Å². The van der Waals surface area contributed by atoms with Crippen LogP contribution in [-0.2, 0) is 16.4 Å². The van der Waals surface area contributed by atoms with E-state index in [0.29, 0.717) is 12.2 Å². The number of imidazole rings is 1. The van der Waals surface area contributed by atoms with Gasteiger partial charge in [-0.25, -0.2) is 13.4 Å². The zero-order valence-electron chi connectivity index (χ0n) is 11.6. The van der Waals surface area contributed by atoms with Crippen molar-refractivity contribution in [3.63, 3.8) is 0 Å². The van der Waals surface area contributed by atoms with Crippen molar-refractivity contribution in [3.8, 4) is 6.07 Å². The fourth-order valence-electron chi connectivity index (χ4n) is 2.59. The van der Waals surface area contributed by atoms with E-state index in [2.05, 4.69) is 20.8 Å². The number of nitrogens with one attached hydrogen (secondary N) is 2. The van der Waals surface area contributed by atoms with Gasteiger partial charge in [-0.05, 0) is 18.8 Å². The summed E-state index contributed by atoms with van der Waals surface area (Å²) in [4.78, 5) is 6.75. The van der Waals surface area contributed by atoms with Crippen molar-refractivity contribution >= 4 is 10.0 Å². The van der Waals surface area contributed by atoms with E-state index in [4.69, 9.17) is 0 Å². The molecule has 0 amide bonds. The SMILES string of the molecule is CCc1ncc(S(=O)(=O)NC(C#N)C2CCCCC2)[nH]1. The summed E-state index contributed by atoms with van der Waals surface area (Å²) in [5, 5.41) is 9.27. The summed E-state index contributed by atoms with van der Waals surface area (Å²) < 4.78 is 27.0. The first-order chi connectivity index (χ1) is 9.56. The van der Waals surface area contributed by atoms with Gasteiger partial charge in [0.2, 0.25) is 0 Å². The molecule has 20 heavy (non-hydrogen) atoms. The average molecular weight is 296 g/mol.